The summed E-state index contributed by atoms with van der Waals surface area (Å²) >= 11 is 0. The van der Waals surface area contributed by atoms with Crippen LogP contribution in [0.2, 0.25) is 0 Å². The number of rotatable bonds is 13. The molecule has 4 heterocycles. The monoisotopic (exact) mass is 808 g/mol. The van der Waals surface area contributed by atoms with Gasteiger partial charge in [-0.15, -0.1) is 6.58 Å². The summed E-state index contributed by atoms with van der Waals surface area (Å²) < 4.78 is 44.7. The number of esters is 1. The lowest BCUT2D eigenvalue weighted by molar-refractivity contribution is -0.157. The third-order valence-electron chi connectivity index (χ3n) is 11.0. The number of sulfonamides is 1. The maximum absolute atomic E-state index is 14.7. The lowest BCUT2D eigenvalue weighted by atomic mass is 10.1. The van der Waals surface area contributed by atoms with Gasteiger partial charge in [-0.3, -0.25) is 23.9 Å². The van der Waals surface area contributed by atoms with Crippen molar-refractivity contribution < 1.29 is 51.4 Å². The molecule has 3 saturated heterocycles. The minimum atomic E-state index is -3.95. The summed E-state index contributed by atoms with van der Waals surface area (Å²) in [6.07, 6.45) is 1.76. The number of aromatic nitrogens is 1. The van der Waals surface area contributed by atoms with Gasteiger partial charge in [0.1, 0.15) is 41.5 Å². The van der Waals surface area contributed by atoms with E-state index < -0.39 is 98.4 Å². The molecule has 7 atom stereocenters. The van der Waals surface area contributed by atoms with E-state index in [2.05, 4.69) is 26.9 Å². The number of morpholine rings is 1. The zero-order valence-electron chi connectivity index (χ0n) is 32.3. The van der Waals surface area contributed by atoms with Gasteiger partial charge in [-0.2, -0.15) is 0 Å². The fourth-order valence-corrected chi connectivity index (χ4v) is 9.22. The fraction of sp³-hybridized carbons (Fsp3) is 0.564. The second-order valence-corrected chi connectivity index (χ2v) is 18.6. The summed E-state index contributed by atoms with van der Waals surface area (Å²) in [6, 6.07) is 4.22. The summed E-state index contributed by atoms with van der Waals surface area (Å²) in [5, 5.41) is 6.22. The number of likely N-dealkylation sites (tertiary alicyclic amines) is 2. The van der Waals surface area contributed by atoms with Gasteiger partial charge in [-0.25, -0.2) is 23.0 Å². The van der Waals surface area contributed by atoms with E-state index in [1.54, 1.807) is 27.0 Å². The first kappa shape index (κ1) is 40.0. The second-order valence-electron chi connectivity index (χ2n) is 16.6. The number of alkyl carbamates (subject to hydrolysis) is 1. The van der Waals surface area contributed by atoms with Crippen LogP contribution in [0.4, 0.5) is 4.79 Å². The third-order valence-corrected chi connectivity index (χ3v) is 12.9. The zero-order chi connectivity index (χ0) is 41.0. The highest BCUT2D eigenvalue weighted by molar-refractivity contribution is 7.91. The quantitative estimate of drug-likeness (QED) is 0.195. The number of aryl methyl sites for hydroxylation is 1. The first-order chi connectivity index (χ1) is 26.9. The number of carbonyl (C=O) groups is 6. The summed E-state index contributed by atoms with van der Waals surface area (Å²) in [4.78, 5) is 88.4. The van der Waals surface area contributed by atoms with Crippen LogP contribution in [0.5, 0.6) is 5.88 Å². The molecule has 18 heteroatoms. The Morgan fingerprint density at radius 3 is 2.51 bits per heavy atom. The lowest BCUT2D eigenvalue weighted by Gasteiger charge is -2.31. The molecule has 2 aliphatic carbocycles. The van der Waals surface area contributed by atoms with Crippen LogP contribution >= 0.6 is 0 Å². The van der Waals surface area contributed by atoms with Crippen molar-refractivity contribution in [1.29, 1.82) is 0 Å². The molecule has 17 nitrogen and oxygen atoms in total. The zero-order valence-corrected chi connectivity index (χ0v) is 33.1. The molecule has 0 spiro atoms. The third kappa shape index (κ3) is 8.41. The molecule has 5 amide bonds. The van der Waals surface area contributed by atoms with E-state index in [1.165, 1.54) is 15.9 Å². The van der Waals surface area contributed by atoms with Crippen molar-refractivity contribution in [3.63, 3.8) is 0 Å². The molecule has 5 fully saturated rings. The van der Waals surface area contributed by atoms with Crippen LogP contribution in [0.15, 0.2) is 43.1 Å². The number of ether oxygens (including phenoxy) is 3. The van der Waals surface area contributed by atoms with Crippen molar-refractivity contribution in [2.24, 2.45) is 5.92 Å². The molecule has 5 aliphatic rings. The Hall–Kier alpha value is -5.26. The first-order valence-electron chi connectivity index (χ1n) is 19.2. The Morgan fingerprint density at radius 2 is 1.86 bits per heavy atom. The number of hydrogen-bond donors (Lipinski definition) is 3. The van der Waals surface area contributed by atoms with E-state index in [-0.39, 0.29) is 44.7 Å². The molecule has 0 unspecified atom stereocenters. The molecule has 3 N–H and O–H groups in total. The Balaban J connectivity index is 1.16. The van der Waals surface area contributed by atoms with Gasteiger partial charge in [0, 0.05) is 36.8 Å². The number of hydrogen-bond acceptors (Lipinski definition) is 12. The molecular formula is C39H48N6O11S. The molecular weight excluding hydrogens is 761 g/mol. The van der Waals surface area contributed by atoms with Crippen LogP contribution in [0.25, 0.3) is 10.8 Å². The number of nitrogens with zero attached hydrogens (tertiary/aromatic N) is 3. The maximum atomic E-state index is 14.7. The smallest absolute Gasteiger partial charge is 0.408 e. The second kappa shape index (κ2) is 14.9. The lowest BCUT2D eigenvalue weighted by Crippen LogP contribution is -2.58. The van der Waals surface area contributed by atoms with Crippen LogP contribution in [-0.2, 0) is 43.5 Å². The predicted molar refractivity (Wildman–Crippen MR) is 203 cm³/mol. The van der Waals surface area contributed by atoms with Crippen LogP contribution in [0, 0.1) is 12.8 Å². The van der Waals surface area contributed by atoms with Gasteiger partial charge < -0.3 is 34.6 Å². The highest BCUT2D eigenvalue weighted by Crippen LogP contribution is 2.45. The molecule has 2 saturated carbocycles. The Bertz CT molecular complexity index is 2130. The number of fused-ring (bicyclic) bond motifs is 3. The average Bonchev–Trinajstić information content (AvgIpc) is 3.99. The average molecular weight is 809 g/mol. The number of amides is 5. The molecule has 57 heavy (non-hydrogen) atoms. The van der Waals surface area contributed by atoms with E-state index in [9.17, 15) is 37.2 Å². The molecule has 1 aromatic carbocycles. The van der Waals surface area contributed by atoms with Crippen molar-refractivity contribution in [1.82, 2.24) is 30.1 Å². The van der Waals surface area contributed by atoms with Gasteiger partial charge in [0.05, 0.1) is 18.3 Å². The van der Waals surface area contributed by atoms with Crippen LogP contribution in [0.3, 0.4) is 0 Å². The van der Waals surface area contributed by atoms with Crippen molar-refractivity contribution in [2.45, 2.75) is 119 Å². The van der Waals surface area contributed by atoms with Gasteiger partial charge in [-0.1, -0.05) is 23.8 Å². The summed E-state index contributed by atoms with van der Waals surface area (Å²) in [5.41, 5.74) is -1.54. The number of nitrogens with one attached hydrogen (secondary N) is 3. The molecule has 2 aromatic rings. The fourth-order valence-electron chi connectivity index (χ4n) is 7.86. The molecule has 3 aliphatic heterocycles. The Morgan fingerprint density at radius 1 is 1.11 bits per heavy atom. The summed E-state index contributed by atoms with van der Waals surface area (Å²) in [5.74, 6) is -3.58. The van der Waals surface area contributed by atoms with Crippen LogP contribution in [-0.4, -0.2) is 119 Å². The van der Waals surface area contributed by atoms with Gasteiger partial charge in [0.25, 0.3) is 5.91 Å². The Labute approximate surface area is 330 Å². The van der Waals surface area contributed by atoms with Crippen molar-refractivity contribution in [3.8, 4) is 5.88 Å². The SMILES string of the molecule is C=C[C@@H]1C[C@]1(NC(=O)[C@@H]1C[C@@H](Oc2nccc3cc(C)ccc23)CN1C(=O)[C@H](CCC(=O)N1C[C@H]2C[C@@H]1C(=O)O2)NC(=O)OC(C)(C)C)C(=O)NS(=O)(=O)C1CC1. The van der Waals surface area contributed by atoms with E-state index in [0.29, 0.717) is 24.6 Å². The first-order valence-corrected chi connectivity index (χ1v) is 20.7. The predicted octanol–water partition coefficient (Wildman–Crippen LogP) is 1.76. The van der Waals surface area contributed by atoms with Gasteiger partial charge in [0.2, 0.25) is 33.6 Å². The van der Waals surface area contributed by atoms with E-state index in [4.69, 9.17) is 14.2 Å². The van der Waals surface area contributed by atoms with Crippen molar-refractivity contribution in [3.05, 3.63) is 48.7 Å². The van der Waals surface area contributed by atoms with Gasteiger partial charge >= 0.3 is 12.1 Å². The molecule has 7 rings (SSSR count). The van der Waals surface area contributed by atoms with E-state index in [1.807, 2.05) is 31.2 Å². The topological polar surface area (TPSA) is 220 Å². The van der Waals surface area contributed by atoms with Crippen LogP contribution < -0.4 is 20.1 Å². The number of pyridine rings is 1. The summed E-state index contributed by atoms with van der Waals surface area (Å²) in [6.45, 7) is 10.7. The van der Waals surface area contributed by atoms with Gasteiger partial charge in [-0.05, 0) is 70.9 Å². The molecule has 306 valence electrons. The van der Waals surface area contributed by atoms with Crippen molar-refractivity contribution >= 4 is 56.5 Å². The highest BCUT2D eigenvalue weighted by atomic mass is 32.2. The van der Waals surface area contributed by atoms with E-state index >= 15 is 0 Å². The normalized spacial score (nSPS) is 27.0. The summed E-state index contributed by atoms with van der Waals surface area (Å²) in [7, 11) is -3.95. The molecule has 2 bridgehead atoms. The number of carbonyl (C=O) groups excluding carboxylic acids is 6. The minimum absolute atomic E-state index is 0.0601. The van der Waals surface area contributed by atoms with Gasteiger partial charge in [0.15, 0.2) is 0 Å². The Kier molecular flexibility index (Phi) is 10.5. The maximum Gasteiger partial charge on any atom is 0.408 e. The highest BCUT2D eigenvalue weighted by Gasteiger charge is 2.62. The largest absolute Gasteiger partial charge is 0.472 e. The minimum Gasteiger partial charge on any atom is -0.472 e. The molecule has 1 aromatic heterocycles. The van der Waals surface area contributed by atoms with E-state index in [0.717, 1.165) is 10.9 Å². The van der Waals surface area contributed by atoms with Crippen LogP contribution in [0.1, 0.15) is 71.3 Å². The number of benzene rings is 1. The standard InChI is InChI=1S/C39H48N6O11S/c1-6-23-18-39(23,36(50)43-57(52,53)26-8-9-26)42-32(47)29-16-24(54-33-27-10-7-21(2)15-22(27)13-14-40-33)20-45(29)34(48)28(41-37(51)56-38(3,4)5)11-12-31(46)44-19-25-17-30(44)35(49)55-25/h6-7,10,13-15,23-26,28-30H,1,8-9,11-12,16-20H2,2-5H3,(H,41,51)(H,42,47)(H,43,50)/t23-,24-,25-,28+,29+,30-,39-/m1/s1. The molecule has 0 radical (unpaired) electrons. The van der Waals surface area contributed by atoms with Crippen molar-refractivity contribution in [2.75, 3.05) is 13.1 Å².